The smallest absolute Gasteiger partial charge is 0.155 e. The lowest BCUT2D eigenvalue weighted by Gasteiger charge is -2.30. The van der Waals surface area contributed by atoms with E-state index in [4.69, 9.17) is 4.52 Å². The first-order valence-electron chi connectivity index (χ1n) is 8.25. The minimum Gasteiger partial charge on any atom is -0.359 e. The number of hydrogen-bond acceptors (Lipinski definition) is 6. The lowest BCUT2D eigenvalue weighted by Crippen LogP contribution is -2.34. The van der Waals surface area contributed by atoms with Crippen molar-refractivity contribution in [2.75, 3.05) is 13.1 Å². The van der Waals surface area contributed by atoms with Crippen molar-refractivity contribution in [1.29, 1.82) is 0 Å². The van der Waals surface area contributed by atoms with Gasteiger partial charge in [0.15, 0.2) is 11.6 Å². The van der Waals surface area contributed by atoms with E-state index in [1.165, 1.54) is 0 Å². The van der Waals surface area contributed by atoms with Gasteiger partial charge in [-0.3, -0.25) is 15.0 Å². The molecular formula is C17H20N6O. The van der Waals surface area contributed by atoms with E-state index < -0.39 is 0 Å². The topological polar surface area (TPSA) is 83.7 Å². The summed E-state index contributed by atoms with van der Waals surface area (Å²) in [5, 5.41) is 11.4. The summed E-state index contributed by atoms with van der Waals surface area (Å²) in [7, 11) is 0. The fourth-order valence-electron chi connectivity index (χ4n) is 3.22. The van der Waals surface area contributed by atoms with E-state index in [2.05, 4.69) is 30.2 Å². The van der Waals surface area contributed by atoms with Gasteiger partial charge in [-0.15, -0.1) is 0 Å². The number of nitrogens with one attached hydrogen (secondary N) is 1. The van der Waals surface area contributed by atoms with Gasteiger partial charge in [0.25, 0.3) is 0 Å². The zero-order chi connectivity index (χ0) is 16.4. The zero-order valence-electron chi connectivity index (χ0n) is 13.6. The number of aromatic amines is 1. The number of nitrogens with zero attached hydrogens (tertiary/aromatic N) is 5. The maximum atomic E-state index is 5.52. The molecule has 0 bridgehead atoms. The Bertz CT molecular complexity index is 796. The van der Waals surface area contributed by atoms with Crippen LogP contribution in [0.15, 0.2) is 35.1 Å². The molecule has 3 aromatic heterocycles. The number of piperidine rings is 1. The minimum atomic E-state index is 0.381. The van der Waals surface area contributed by atoms with E-state index in [9.17, 15) is 0 Å². The van der Waals surface area contributed by atoms with Crippen LogP contribution in [0.2, 0.25) is 0 Å². The van der Waals surface area contributed by atoms with E-state index in [1.807, 2.05) is 25.1 Å². The van der Waals surface area contributed by atoms with Gasteiger partial charge in [-0.05, 0) is 38.4 Å². The highest BCUT2D eigenvalue weighted by Crippen LogP contribution is 2.26. The molecule has 0 aliphatic carbocycles. The maximum absolute atomic E-state index is 5.52. The van der Waals surface area contributed by atoms with Crippen molar-refractivity contribution in [2.45, 2.75) is 32.2 Å². The first kappa shape index (κ1) is 15.0. The standard InChI is InChI=1S/C17H20N6O/c1-12-19-17(21-20-12)14-3-2-8-23(10-14)11-15-9-16(22-24-15)13-4-6-18-7-5-13/h4-7,9,14H,2-3,8,10-11H2,1H3,(H,19,20,21)/t14-/m0/s1. The van der Waals surface area contributed by atoms with E-state index >= 15 is 0 Å². The van der Waals surface area contributed by atoms with Gasteiger partial charge in [0.2, 0.25) is 0 Å². The molecule has 124 valence electrons. The number of likely N-dealkylation sites (tertiary alicyclic amines) is 1. The molecule has 1 N–H and O–H groups in total. The molecule has 4 rings (SSSR count). The average Bonchev–Trinajstić information content (AvgIpc) is 3.25. The number of aryl methyl sites for hydroxylation is 1. The van der Waals surface area contributed by atoms with Crippen molar-refractivity contribution in [3.8, 4) is 11.3 Å². The molecule has 1 aliphatic rings. The molecule has 0 spiro atoms. The van der Waals surface area contributed by atoms with Crippen LogP contribution in [0.25, 0.3) is 11.3 Å². The molecule has 24 heavy (non-hydrogen) atoms. The molecule has 1 atom stereocenters. The van der Waals surface area contributed by atoms with Crippen LogP contribution in [0.4, 0.5) is 0 Å². The molecule has 0 aromatic carbocycles. The van der Waals surface area contributed by atoms with Gasteiger partial charge in [0, 0.05) is 36.5 Å². The largest absolute Gasteiger partial charge is 0.359 e. The minimum absolute atomic E-state index is 0.381. The van der Waals surface area contributed by atoms with Gasteiger partial charge < -0.3 is 4.52 Å². The molecule has 3 aromatic rings. The summed E-state index contributed by atoms with van der Waals surface area (Å²) in [6.45, 7) is 4.71. The van der Waals surface area contributed by atoms with E-state index in [-0.39, 0.29) is 0 Å². The third-order valence-corrected chi connectivity index (χ3v) is 4.40. The molecule has 1 fully saturated rings. The molecule has 7 heteroatoms. The van der Waals surface area contributed by atoms with Crippen LogP contribution in [-0.2, 0) is 6.54 Å². The Morgan fingerprint density at radius 1 is 1.33 bits per heavy atom. The Hall–Kier alpha value is -2.54. The molecular weight excluding hydrogens is 304 g/mol. The summed E-state index contributed by atoms with van der Waals surface area (Å²) in [4.78, 5) is 10.9. The molecule has 7 nitrogen and oxygen atoms in total. The zero-order valence-corrected chi connectivity index (χ0v) is 13.6. The SMILES string of the molecule is Cc1nc([C@H]2CCCN(Cc3cc(-c4ccncc4)no3)C2)n[nH]1. The lowest BCUT2D eigenvalue weighted by molar-refractivity contribution is 0.177. The second kappa shape index (κ2) is 6.52. The molecule has 4 heterocycles. The van der Waals surface area contributed by atoms with Crippen LogP contribution in [0.5, 0.6) is 0 Å². The second-order valence-corrected chi connectivity index (χ2v) is 6.27. The third-order valence-electron chi connectivity index (χ3n) is 4.40. The normalized spacial score (nSPS) is 18.8. The van der Waals surface area contributed by atoms with Crippen molar-refractivity contribution in [3.05, 3.63) is 48.0 Å². The van der Waals surface area contributed by atoms with E-state index in [0.717, 1.165) is 61.1 Å². The van der Waals surface area contributed by atoms with Crippen LogP contribution in [0.1, 0.15) is 36.2 Å². The number of H-pyrrole nitrogens is 1. The van der Waals surface area contributed by atoms with Gasteiger partial charge >= 0.3 is 0 Å². The highest BCUT2D eigenvalue weighted by Gasteiger charge is 2.25. The van der Waals surface area contributed by atoms with E-state index in [1.54, 1.807) is 12.4 Å². The molecule has 0 amide bonds. The summed E-state index contributed by atoms with van der Waals surface area (Å²) in [6, 6.07) is 5.88. The highest BCUT2D eigenvalue weighted by atomic mass is 16.5. The van der Waals surface area contributed by atoms with Crippen LogP contribution in [0.3, 0.4) is 0 Å². The summed E-state index contributed by atoms with van der Waals surface area (Å²) in [5.41, 5.74) is 1.87. The molecule has 1 saturated heterocycles. The summed E-state index contributed by atoms with van der Waals surface area (Å²) < 4.78 is 5.52. The van der Waals surface area contributed by atoms with Crippen LogP contribution in [-0.4, -0.2) is 43.3 Å². The average molecular weight is 324 g/mol. The molecule has 1 aliphatic heterocycles. The summed E-state index contributed by atoms with van der Waals surface area (Å²) in [5.74, 6) is 3.06. The number of rotatable bonds is 4. The van der Waals surface area contributed by atoms with Crippen molar-refractivity contribution >= 4 is 0 Å². The Labute approximate surface area is 140 Å². The van der Waals surface area contributed by atoms with Gasteiger partial charge in [0.05, 0.1) is 6.54 Å². The molecule has 0 unspecified atom stereocenters. The first-order valence-corrected chi connectivity index (χ1v) is 8.25. The summed E-state index contributed by atoms with van der Waals surface area (Å²) >= 11 is 0. The van der Waals surface area contributed by atoms with Crippen molar-refractivity contribution in [1.82, 2.24) is 30.2 Å². The second-order valence-electron chi connectivity index (χ2n) is 6.27. The number of aromatic nitrogens is 5. The first-order chi connectivity index (χ1) is 11.8. The highest BCUT2D eigenvalue weighted by molar-refractivity contribution is 5.57. The Balaban J connectivity index is 1.43. The van der Waals surface area contributed by atoms with Crippen LogP contribution >= 0.6 is 0 Å². The van der Waals surface area contributed by atoms with Crippen LogP contribution in [0, 0.1) is 6.92 Å². The van der Waals surface area contributed by atoms with Crippen molar-refractivity contribution < 1.29 is 4.52 Å². The predicted octanol–water partition coefficient (Wildman–Crippen LogP) is 2.54. The third kappa shape index (κ3) is 3.21. The summed E-state index contributed by atoms with van der Waals surface area (Å²) in [6.07, 6.45) is 5.80. The Kier molecular flexibility index (Phi) is 4.08. The maximum Gasteiger partial charge on any atom is 0.155 e. The number of pyridine rings is 1. The van der Waals surface area contributed by atoms with Crippen molar-refractivity contribution in [2.24, 2.45) is 0 Å². The van der Waals surface area contributed by atoms with Crippen LogP contribution < -0.4 is 0 Å². The van der Waals surface area contributed by atoms with Crippen molar-refractivity contribution in [3.63, 3.8) is 0 Å². The number of hydrogen-bond donors (Lipinski definition) is 1. The fourth-order valence-corrected chi connectivity index (χ4v) is 3.22. The Morgan fingerprint density at radius 2 is 2.21 bits per heavy atom. The van der Waals surface area contributed by atoms with Gasteiger partial charge in [-0.1, -0.05) is 5.16 Å². The predicted molar refractivity (Wildman–Crippen MR) is 88.1 cm³/mol. The van der Waals surface area contributed by atoms with Gasteiger partial charge in [-0.2, -0.15) is 5.10 Å². The van der Waals surface area contributed by atoms with Gasteiger partial charge in [0.1, 0.15) is 11.5 Å². The van der Waals surface area contributed by atoms with E-state index in [0.29, 0.717) is 5.92 Å². The van der Waals surface area contributed by atoms with Gasteiger partial charge in [-0.25, -0.2) is 4.98 Å². The molecule has 0 radical (unpaired) electrons. The fraction of sp³-hybridized carbons (Fsp3) is 0.412. The lowest BCUT2D eigenvalue weighted by atomic mass is 9.97. The monoisotopic (exact) mass is 324 g/mol. The Morgan fingerprint density at radius 3 is 3.00 bits per heavy atom. The quantitative estimate of drug-likeness (QED) is 0.794. The molecule has 0 saturated carbocycles.